The zero-order valence-corrected chi connectivity index (χ0v) is 32.8. The topological polar surface area (TPSA) is 6.48 Å². The molecule has 0 radical (unpaired) electrons. The van der Waals surface area contributed by atoms with E-state index in [4.69, 9.17) is 0 Å². The number of anilines is 6. The molecule has 0 atom stereocenters. The molecule has 0 aliphatic heterocycles. The molecule has 9 aromatic carbocycles. The zero-order valence-electron chi connectivity index (χ0n) is 32.8. The minimum Gasteiger partial charge on any atom is -0.311 e. The van der Waals surface area contributed by atoms with Crippen LogP contribution in [0.3, 0.4) is 0 Å². The van der Waals surface area contributed by atoms with Crippen molar-refractivity contribution >= 4 is 34.1 Å². The second-order valence-corrected chi connectivity index (χ2v) is 14.8. The molecule has 0 bridgehead atoms. The summed E-state index contributed by atoms with van der Waals surface area (Å²) < 4.78 is 0. The molecule has 0 spiro atoms. The van der Waals surface area contributed by atoms with Gasteiger partial charge in [-0.3, -0.25) is 0 Å². The minimum absolute atomic E-state index is 1.13. The lowest BCUT2D eigenvalue weighted by Crippen LogP contribution is -2.09. The van der Waals surface area contributed by atoms with Crippen LogP contribution in [0, 0.1) is 13.8 Å². The Morgan fingerprint density at radius 3 is 0.586 bits per heavy atom. The summed E-state index contributed by atoms with van der Waals surface area (Å²) >= 11 is 0. The highest BCUT2D eigenvalue weighted by Gasteiger charge is 2.14. The maximum atomic E-state index is 2.31. The Kier molecular flexibility index (Phi) is 10.2. The molecular formula is C56H44N2. The summed E-state index contributed by atoms with van der Waals surface area (Å²) in [5.41, 5.74) is 18.9. The lowest BCUT2D eigenvalue weighted by atomic mass is 9.97. The normalized spacial score (nSPS) is 10.9. The summed E-state index contributed by atoms with van der Waals surface area (Å²) in [6.45, 7) is 4.25. The Morgan fingerprint density at radius 1 is 0.190 bits per heavy atom. The minimum atomic E-state index is 1.13. The first-order chi connectivity index (χ1) is 28.6. The van der Waals surface area contributed by atoms with Crippen LogP contribution in [0.25, 0.3) is 44.5 Å². The highest BCUT2D eigenvalue weighted by Crippen LogP contribution is 2.38. The van der Waals surface area contributed by atoms with Crippen molar-refractivity contribution in [1.29, 1.82) is 0 Å². The van der Waals surface area contributed by atoms with Gasteiger partial charge in [-0.25, -0.2) is 0 Å². The van der Waals surface area contributed by atoms with Crippen molar-refractivity contribution < 1.29 is 0 Å². The van der Waals surface area contributed by atoms with Crippen LogP contribution in [-0.4, -0.2) is 0 Å². The molecule has 0 amide bonds. The Morgan fingerprint density at radius 2 is 0.362 bits per heavy atom. The molecule has 0 heterocycles. The monoisotopic (exact) mass is 744 g/mol. The van der Waals surface area contributed by atoms with Crippen LogP contribution in [-0.2, 0) is 0 Å². The molecule has 278 valence electrons. The Hall–Kier alpha value is -7.42. The largest absolute Gasteiger partial charge is 0.311 e. The van der Waals surface area contributed by atoms with Crippen molar-refractivity contribution in [3.8, 4) is 44.5 Å². The van der Waals surface area contributed by atoms with Crippen molar-refractivity contribution in [3.05, 3.63) is 242 Å². The Balaban J connectivity index is 0.879. The number of hydrogen-bond acceptors (Lipinski definition) is 2. The molecule has 0 fully saturated rings. The maximum absolute atomic E-state index is 2.31. The third-order valence-electron chi connectivity index (χ3n) is 10.9. The molecule has 2 heteroatoms. The van der Waals surface area contributed by atoms with Gasteiger partial charge >= 0.3 is 0 Å². The van der Waals surface area contributed by atoms with Gasteiger partial charge in [0.05, 0.1) is 0 Å². The first kappa shape index (κ1) is 36.2. The molecule has 0 unspecified atom stereocenters. The van der Waals surface area contributed by atoms with Crippen molar-refractivity contribution in [1.82, 2.24) is 0 Å². The van der Waals surface area contributed by atoms with Gasteiger partial charge in [0.25, 0.3) is 0 Å². The molecule has 9 aromatic rings. The molecule has 58 heavy (non-hydrogen) atoms. The molecule has 9 rings (SSSR count). The lowest BCUT2D eigenvalue weighted by molar-refractivity contribution is 1.27. The summed E-state index contributed by atoms with van der Waals surface area (Å²) in [5, 5.41) is 0. The van der Waals surface area contributed by atoms with E-state index in [9.17, 15) is 0 Å². The number of rotatable bonds is 10. The van der Waals surface area contributed by atoms with Crippen LogP contribution in [0.2, 0.25) is 0 Å². The van der Waals surface area contributed by atoms with Gasteiger partial charge in [-0.1, -0.05) is 169 Å². The number of nitrogens with zero attached hydrogens (tertiary/aromatic N) is 2. The van der Waals surface area contributed by atoms with E-state index in [1.54, 1.807) is 0 Å². The van der Waals surface area contributed by atoms with Crippen LogP contribution in [0.5, 0.6) is 0 Å². The van der Waals surface area contributed by atoms with Gasteiger partial charge in [-0.2, -0.15) is 0 Å². The van der Waals surface area contributed by atoms with Crippen molar-refractivity contribution in [2.75, 3.05) is 9.80 Å². The number of aryl methyl sites for hydroxylation is 2. The van der Waals surface area contributed by atoms with Gasteiger partial charge in [0.15, 0.2) is 0 Å². The Bertz CT molecular complexity index is 2620. The van der Waals surface area contributed by atoms with Crippen LogP contribution in [0.15, 0.2) is 231 Å². The summed E-state index contributed by atoms with van der Waals surface area (Å²) in [5.74, 6) is 0. The van der Waals surface area contributed by atoms with Gasteiger partial charge in [-0.05, 0) is 131 Å². The molecule has 0 aromatic heterocycles. The SMILES string of the molecule is Cc1ccc(N(c2ccc(C)cc2)c2ccc(-c3ccc(-c4ccc(-c5ccc(-c6ccc(N(c7ccccc7)c7ccccc7)cc6)cc5)cc4)cc3)cc2)cc1. The van der Waals surface area contributed by atoms with Crippen LogP contribution in [0.4, 0.5) is 34.1 Å². The molecule has 0 aliphatic rings. The number of hydrogen-bond donors (Lipinski definition) is 0. The highest BCUT2D eigenvalue weighted by atomic mass is 15.1. The van der Waals surface area contributed by atoms with Gasteiger partial charge in [0, 0.05) is 34.1 Å². The second-order valence-electron chi connectivity index (χ2n) is 14.8. The van der Waals surface area contributed by atoms with E-state index >= 15 is 0 Å². The van der Waals surface area contributed by atoms with Crippen LogP contribution in [0.1, 0.15) is 11.1 Å². The van der Waals surface area contributed by atoms with Gasteiger partial charge < -0.3 is 9.80 Å². The quantitative estimate of drug-likeness (QED) is 0.138. The predicted octanol–water partition coefficient (Wildman–Crippen LogP) is 15.9. The molecule has 2 nitrogen and oxygen atoms in total. The Labute approximate surface area is 342 Å². The third kappa shape index (κ3) is 7.82. The number of para-hydroxylation sites is 2. The van der Waals surface area contributed by atoms with Gasteiger partial charge in [0.2, 0.25) is 0 Å². The summed E-state index contributed by atoms with van der Waals surface area (Å²) in [7, 11) is 0. The van der Waals surface area contributed by atoms with Crippen molar-refractivity contribution in [3.63, 3.8) is 0 Å². The first-order valence-corrected chi connectivity index (χ1v) is 19.9. The number of benzene rings is 9. The second kappa shape index (κ2) is 16.4. The standard InChI is InChI=1S/C56H44N2/c1-41-13-33-53(34-14-41)58(54-35-15-42(2)16-36-54)56-39-31-50(32-40-56)48-27-23-46(24-28-48)44-19-17-43(18-20-44)45-21-25-47(26-22-45)49-29-37-55(38-30-49)57(51-9-5-3-6-10-51)52-11-7-4-8-12-52/h3-40H,1-2H3. The average molecular weight is 745 g/mol. The van der Waals surface area contributed by atoms with Gasteiger partial charge in [0.1, 0.15) is 0 Å². The first-order valence-electron chi connectivity index (χ1n) is 19.9. The molecule has 0 saturated carbocycles. The van der Waals surface area contributed by atoms with E-state index in [1.807, 2.05) is 0 Å². The van der Waals surface area contributed by atoms with E-state index in [0.29, 0.717) is 0 Å². The molecule has 0 N–H and O–H groups in total. The molecule has 0 aliphatic carbocycles. The van der Waals surface area contributed by atoms with Crippen molar-refractivity contribution in [2.24, 2.45) is 0 Å². The highest BCUT2D eigenvalue weighted by molar-refractivity contribution is 5.81. The smallest absolute Gasteiger partial charge is 0.0462 e. The molecule has 0 saturated heterocycles. The maximum Gasteiger partial charge on any atom is 0.0462 e. The van der Waals surface area contributed by atoms with E-state index in [-0.39, 0.29) is 0 Å². The third-order valence-corrected chi connectivity index (χ3v) is 10.9. The van der Waals surface area contributed by atoms with E-state index in [2.05, 4.69) is 254 Å². The summed E-state index contributed by atoms with van der Waals surface area (Å²) in [6.07, 6.45) is 0. The van der Waals surface area contributed by atoms with E-state index in [1.165, 1.54) is 55.6 Å². The fraction of sp³-hybridized carbons (Fsp3) is 0.0357. The summed E-state index contributed by atoms with van der Waals surface area (Å²) in [6, 6.07) is 82.9. The van der Waals surface area contributed by atoms with Crippen molar-refractivity contribution in [2.45, 2.75) is 13.8 Å². The van der Waals surface area contributed by atoms with E-state index < -0.39 is 0 Å². The lowest BCUT2D eigenvalue weighted by Gasteiger charge is -2.26. The zero-order chi connectivity index (χ0) is 39.3. The van der Waals surface area contributed by atoms with E-state index in [0.717, 1.165) is 34.1 Å². The summed E-state index contributed by atoms with van der Waals surface area (Å²) in [4.78, 5) is 4.60. The van der Waals surface area contributed by atoms with Gasteiger partial charge in [-0.15, -0.1) is 0 Å². The fourth-order valence-electron chi connectivity index (χ4n) is 7.61. The van der Waals surface area contributed by atoms with Crippen LogP contribution >= 0.6 is 0 Å². The fourth-order valence-corrected chi connectivity index (χ4v) is 7.61. The van der Waals surface area contributed by atoms with Crippen LogP contribution < -0.4 is 9.80 Å². The predicted molar refractivity (Wildman–Crippen MR) is 247 cm³/mol. The molecular weight excluding hydrogens is 701 g/mol. The average Bonchev–Trinajstić information content (AvgIpc) is 3.29.